The summed E-state index contributed by atoms with van der Waals surface area (Å²) in [5, 5.41) is 2.95. The third kappa shape index (κ3) is 3.75. The predicted octanol–water partition coefficient (Wildman–Crippen LogP) is 4.47. The van der Waals surface area contributed by atoms with Crippen LogP contribution in [0.5, 0.6) is 0 Å². The minimum absolute atomic E-state index is 0.287. The Labute approximate surface area is 120 Å². The molecule has 0 fully saturated rings. The maximum atomic E-state index is 13.1. The Kier molecular flexibility index (Phi) is 4.50. The van der Waals surface area contributed by atoms with Crippen molar-refractivity contribution in [2.45, 2.75) is 4.90 Å². The average molecular weight is 295 g/mol. The third-order valence-corrected chi connectivity index (χ3v) is 3.55. The van der Waals surface area contributed by atoms with Crippen LogP contribution in [0.4, 0.5) is 14.5 Å². The number of hydrogen-bond acceptors (Lipinski definition) is 2. The highest BCUT2D eigenvalue weighted by Gasteiger charge is 2.06. The molecule has 0 atom stereocenters. The van der Waals surface area contributed by atoms with Crippen LogP contribution in [-0.4, -0.2) is 11.2 Å². The molecule has 0 unspecified atom stereocenters. The summed E-state index contributed by atoms with van der Waals surface area (Å²) in [6.45, 7) is 0. The number of thiocarbonyl (C=S) groups is 1. The summed E-state index contributed by atoms with van der Waals surface area (Å²) in [6.07, 6.45) is 1.99. The van der Waals surface area contributed by atoms with E-state index in [0.29, 0.717) is 5.56 Å². The lowest BCUT2D eigenvalue weighted by molar-refractivity contribution is 0.583. The Morgan fingerprint density at radius 3 is 2.16 bits per heavy atom. The molecule has 2 aromatic carbocycles. The molecule has 0 aromatic heterocycles. The molecule has 0 heterocycles. The van der Waals surface area contributed by atoms with Gasteiger partial charge in [-0.05, 0) is 42.7 Å². The molecule has 19 heavy (non-hydrogen) atoms. The van der Waals surface area contributed by atoms with Crippen molar-refractivity contribution in [1.82, 2.24) is 0 Å². The van der Waals surface area contributed by atoms with Gasteiger partial charge in [0.25, 0.3) is 0 Å². The number of hydrogen-bond donors (Lipinski definition) is 1. The molecule has 2 aromatic rings. The number of benzene rings is 2. The van der Waals surface area contributed by atoms with E-state index in [1.54, 1.807) is 11.8 Å². The number of rotatable bonds is 3. The van der Waals surface area contributed by atoms with Gasteiger partial charge in [-0.2, -0.15) is 0 Å². The van der Waals surface area contributed by atoms with E-state index >= 15 is 0 Å². The summed E-state index contributed by atoms with van der Waals surface area (Å²) in [7, 11) is 0. The Bertz CT molecular complexity index is 577. The number of halogens is 2. The summed E-state index contributed by atoms with van der Waals surface area (Å²) in [5.74, 6) is -1.28. The molecule has 0 aliphatic carbocycles. The van der Waals surface area contributed by atoms with Crippen LogP contribution in [0, 0.1) is 11.6 Å². The molecule has 5 heteroatoms. The fraction of sp³-hybridized carbons (Fsp3) is 0.0714. The van der Waals surface area contributed by atoms with Crippen LogP contribution >= 0.6 is 24.0 Å². The van der Waals surface area contributed by atoms with Crippen LogP contribution in [0.25, 0.3) is 0 Å². The number of anilines is 1. The molecule has 98 valence electrons. The van der Waals surface area contributed by atoms with E-state index in [0.717, 1.165) is 16.6 Å². The molecular weight excluding hydrogens is 284 g/mol. The predicted molar refractivity (Wildman–Crippen MR) is 79.9 cm³/mol. The molecule has 2 rings (SSSR count). The van der Waals surface area contributed by atoms with Gasteiger partial charge in [-0.1, -0.05) is 12.2 Å². The molecule has 0 amide bonds. The molecule has 0 saturated heterocycles. The highest BCUT2D eigenvalue weighted by atomic mass is 32.2. The maximum Gasteiger partial charge on any atom is 0.126 e. The van der Waals surface area contributed by atoms with Crippen molar-refractivity contribution in [3.05, 3.63) is 59.7 Å². The smallest absolute Gasteiger partial charge is 0.126 e. The van der Waals surface area contributed by atoms with Crippen molar-refractivity contribution < 1.29 is 8.78 Å². The molecular formula is C14H11F2NS2. The second-order valence-corrected chi connectivity index (χ2v) is 5.13. The van der Waals surface area contributed by atoms with Crippen molar-refractivity contribution in [2.75, 3.05) is 11.6 Å². The second-order valence-electron chi connectivity index (χ2n) is 3.84. The van der Waals surface area contributed by atoms with Crippen LogP contribution in [0.2, 0.25) is 0 Å². The van der Waals surface area contributed by atoms with Crippen molar-refractivity contribution >= 4 is 34.7 Å². The third-order valence-electron chi connectivity index (χ3n) is 2.47. The van der Waals surface area contributed by atoms with Gasteiger partial charge in [0, 0.05) is 22.2 Å². The van der Waals surface area contributed by atoms with Crippen molar-refractivity contribution in [3.8, 4) is 0 Å². The zero-order chi connectivity index (χ0) is 13.8. The Hall–Kier alpha value is -1.46. The largest absolute Gasteiger partial charge is 0.346 e. The lowest BCUT2D eigenvalue weighted by Crippen LogP contribution is -2.11. The van der Waals surface area contributed by atoms with Gasteiger partial charge >= 0.3 is 0 Å². The van der Waals surface area contributed by atoms with Gasteiger partial charge < -0.3 is 5.32 Å². The van der Waals surface area contributed by atoms with E-state index in [-0.39, 0.29) is 4.99 Å². The van der Waals surface area contributed by atoms with Crippen LogP contribution in [-0.2, 0) is 0 Å². The van der Waals surface area contributed by atoms with E-state index in [1.807, 2.05) is 30.5 Å². The minimum atomic E-state index is -0.642. The SMILES string of the molecule is CSc1ccc(NC(=S)c2cc(F)cc(F)c2)cc1. The molecule has 0 spiro atoms. The molecule has 0 aliphatic rings. The molecule has 0 radical (unpaired) electrons. The Balaban J connectivity index is 2.15. The molecule has 0 aliphatic heterocycles. The van der Waals surface area contributed by atoms with E-state index in [1.165, 1.54) is 12.1 Å². The lowest BCUT2D eigenvalue weighted by Gasteiger charge is -2.09. The maximum absolute atomic E-state index is 13.1. The second kappa shape index (κ2) is 6.12. The first-order chi connectivity index (χ1) is 9.08. The first kappa shape index (κ1) is 14.0. The summed E-state index contributed by atoms with van der Waals surface area (Å²) in [5.41, 5.74) is 1.11. The van der Waals surface area contributed by atoms with Gasteiger partial charge in [0.15, 0.2) is 0 Å². The summed E-state index contributed by atoms with van der Waals surface area (Å²) < 4.78 is 26.2. The van der Waals surface area contributed by atoms with E-state index < -0.39 is 11.6 Å². The van der Waals surface area contributed by atoms with Gasteiger partial charge in [0.1, 0.15) is 16.6 Å². The van der Waals surface area contributed by atoms with E-state index in [4.69, 9.17) is 12.2 Å². The van der Waals surface area contributed by atoms with Crippen molar-refractivity contribution in [2.24, 2.45) is 0 Å². The van der Waals surface area contributed by atoms with Crippen molar-refractivity contribution in [3.63, 3.8) is 0 Å². The first-order valence-corrected chi connectivity index (χ1v) is 7.13. The monoisotopic (exact) mass is 295 g/mol. The quantitative estimate of drug-likeness (QED) is 0.662. The minimum Gasteiger partial charge on any atom is -0.346 e. The fourth-order valence-electron chi connectivity index (χ4n) is 1.56. The molecule has 0 saturated carbocycles. The van der Waals surface area contributed by atoms with Crippen LogP contribution in [0.1, 0.15) is 5.56 Å². The highest BCUT2D eigenvalue weighted by molar-refractivity contribution is 7.98. The Morgan fingerprint density at radius 2 is 1.63 bits per heavy atom. The highest BCUT2D eigenvalue weighted by Crippen LogP contribution is 2.18. The topological polar surface area (TPSA) is 12.0 Å². The normalized spacial score (nSPS) is 10.3. The average Bonchev–Trinajstić information content (AvgIpc) is 2.38. The summed E-state index contributed by atoms with van der Waals surface area (Å²) >= 11 is 6.77. The zero-order valence-corrected chi connectivity index (χ0v) is 11.7. The summed E-state index contributed by atoms with van der Waals surface area (Å²) in [4.78, 5) is 1.42. The molecule has 0 bridgehead atoms. The van der Waals surface area contributed by atoms with Gasteiger partial charge in [-0.25, -0.2) is 8.78 Å². The van der Waals surface area contributed by atoms with E-state index in [2.05, 4.69) is 5.32 Å². The molecule has 1 nitrogen and oxygen atoms in total. The molecule has 1 N–H and O–H groups in total. The van der Waals surface area contributed by atoms with E-state index in [9.17, 15) is 8.78 Å². The fourth-order valence-corrected chi connectivity index (χ4v) is 2.21. The first-order valence-electron chi connectivity index (χ1n) is 5.50. The standard InChI is InChI=1S/C14H11F2NS2/c1-19-13-4-2-12(3-5-13)17-14(18)9-6-10(15)8-11(16)7-9/h2-8H,1H3,(H,17,18). The van der Waals surface area contributed by atoms with Crippen LogP contribution < -0.4 is 5.32 Å². The van der Waals surface area contributed by atoms with Gasteiger partial charge in [-0.3, -0.25) is 0 Å². The number of nitrogens with one attached hydrogen (secondary N) is 1. The van der Waals surface area contributed by atoms with Crippen molar-refractivity contribution in [1.29, 1.82) is 0 Å². The van der Waals surface area contributed by atoms with Gasteiger partial charge in [-0.15, -0.1) is 11.8 Å². The Morgan fingerprint density at radius 1 is 1.05 bits per heavy atom. The summed E-state index contributed by atoms with van der Waals surface area (Å²) in [6, 6.07) is 10.9. The van der Waals surface area contributed by atoms with Crippen LogP contribution in [0.15, 0.2) is 47.4 Å². The lowest BCUT2D eigenvalue weighted by atomic mass is 10.2. The number of thioether (sulfide) groups is 1. The van der Waals surface area contributed by atoms with Crippen LogP contribution in [0.3, 0.4) is 0 Å². The zero-order valence-electron chi connectivity index (χ0n) is 10.1. The van der Waals surface area contributed by atoms with Gasteiger partial charge in [0.05, 0.1) is 0 Å². The van der Waals surface area contributed by atoms with Gasteiger partial charge in [0.2, 0.25) is 0 Å².